The van der Waals surface area contributed by atoms with Crippen LogP contribution in [0.4, 0.5) is 11.5 Å². The monoisotopic (exact) mass is 333 g/mol. The number of benzene rings is 1. The Bertz CT molecular complexity index is 771. The van der Waals surface area contributed by atoms with E-state index in [2.05, 4.69) is 28.9 Å². The summed E-state index contributed by atoms with van der Waals surface area (Å²) in [7, 11) is -3.61. The third-order valence-corrected chi connectivity index (χ3v) is 5.18. The van der Waals surface area contributed by atoms with Crippen LogP contribution in [-0.4, -0.2) is 19.4 Å². The topological polar surface area (TPSA) is 71.1 Å². The van der Waals surface area contributed by atoms with Crippen LogP contribution in [0.3, 0.4) is 0 Å². The molecule has 1 atom stereocenters. The summed E-state index contributed by atoms with van der Waals surface area (Å²) in [5.41, 5.74) is 2.20. The van der Waals surface area contributed by atoms with E-state index < -0.39 is 10.0 Å². The zero-order valence-electron chi connectivity index (χ0n) is 13.9. The number of hydrogen-bond donors (Lipinski definition) is 2. The largest absolute Gasteiger partial charge is 0.368 e. The van der Waals surface area contributed by atoms with Crippen LogP contribution in [0, 0.1) is 13.8 Å². The second-order valence-corrected chi connectivity index (χ2v) is 7.41. The third-order valence-electron chi connectivity index (χ3n) is 3.64. The number of pyridine rings is 1. The molecule has 0 aliphatic heterocycles. The molecular weight excluding hydrogens is 310 g/mol. The predicted molar refractivity (Wildman–Crippen MR) is 94.3 cm³/mol. The van der Waals surface area contributed by atoms with Crippen molar-refractivity contribution in [1.29, 1.82) is 0 Å². The third kappa shape index (κ3) is 4.45. The van der Waals surface area contributed by atoms with Crippen molar-refractivity contribution in [3.63, 3.8) is 0 Å². The van der Waals surface area contributed by atoms with E-state index in [1.54, 1.807) is 31.2 Å². The van der Waals surface area contributed by atoms with Crippen molar-refractivity contribution in [2.24, 2.45) is 0 Å². The fourth-order valence-corrected chi connectivity index (χ4v) is 3.48. The van der Waals surface area contributed by atoms with Gasteiger partial charge >= 0.3 is 0 Å². The van der Waals surface area contributed by atoms with Gasteiger partial charge in [0.25, 0.3) is 10.0 Å². The van der Waals surface area contributed by atoms with Crippen molar-refractivity contribution in [2.45, 2.75) is 45.1 Å². The van der Waals surface area contributed by atoms with Gasteiger partial charge in [-0.15, -0.1) is 0 Å². The Morgan fingerprint density at radius 1 is 1.17 bits per heavy atom. The molecule has 0 aliphatic rings. The van der Waals surface area contributed by atoms with Crippen LogP contribution >= 0.6 is 0 Å². The van der Waals surface area contributed by atoms with E-state index >= 15 is 0 Å². The number of nitrogens with zero attached hydrogens (tertiary/aromatic N) is 1. The second-order valence-electron chi connectivity index (χ2n) is 5.76. The fourth-order valence-electron chi connectivity index (χ4n) is 2.21. The molecule has 0 bridgehead atoms. The van der Waals surface area contributed by atoms with Crippen molar-refractivity contribution in [3.05, 3.63) is 47.7 Å². The van der Waals surface area contributed by atoms with Crippen molar-refractivity contribution in [3.8, 4) is 0 Å². The summed E-state index contributed by atoms with van der Waals surface area (Å²) in [6, 6.07) is 9.06. The molecule has 1 unspecified atom stereocenters. The molecule has 1 aromatic heterocycles. The Morgan fingerprint density at radius 2 is 1.91 bits per heavy atom. The van der Waals surface area contributed by atoms with Crippen LogP contribution in [-0.2, 0) is 10.0 Å². The molecule has 0 aliphatic carbocycles. The average Bonchev–Trinajstić information content (AvgIpc) is 2.48. The minimum Gasteiger partial charge on any atom is -0.368 e. The van der Waals surface area contributed by atoms with E-state index in [-0.39, 0.29) is 4.90 Å². The van der Waals surface area contributed by atoms with Gasteiger partial charge in [-0.3, -0.25) is 4.72 Å². The van der Waals surface area contributed by atoms with E-state index in [9.17, 15) is 8.42 Å². The van der Waals surface area contributed by atoms with Gasteiger partial charge in [-0.05, 0) is 51.0 Å². The molecule has 0 saturated carbocycles. The highest BCUT2D eigenvalue weighted by atomic mass is 32.2. The van der Waals surface area contributed by atoms with Crippen molar-refractivity contribution < 1.29 is 8.42 Å². The lowest BCUT2D eigenvalue weighted by atomic mass is 10.2. The maximum Gasteiger partial charge on any atom is 0.262 e. The number of nitrogens with one attached hydrogen (secondary N) is 2. The van der Waals surface area contributed by atoms with Crippen molar-refractivity contribution in [1.82, 2.24) is 4.98 Å². The molecule has 2 rings (SSSR count). The smallest absolute Gasteiger partial charge is 0.262 e. The summed E-state index contributed by atoms with van der Waals surface area (Å²) in [5, 5.41) is 3.24. The Labute approximate surface area is 138 Å². The van der Waals surface area contributed by atoms with E-state index in [1.165, 1.54) is 6.20 Å². The van der Waals surface area contributed by atoms with Crippen LogP contribution in [0.5, 0.6) is 0 Å². The van der Waals surface area contributed by atoms with Gasteiger partial charge in [0.1, 0.15) is 5.82 Å². The molecule has 6 heteroatoms. The van der Waals surface area contributed by atoms with Gasteiger partial charge in [-0.1, -0.05) is 24.6 Å². The zero-order valence-corrected chi connectivity index (χ0v) is 14.7. The molecule has 5 nitrogen and oxygen atoms in total. The van der Waals surface area contributed by atoms with Gasteiger partial charge in [-0.2, -0.15) is 0 Å². The van der Waals surface area contributed by atoms with Crippen LogP contribution in [0.1, 0.15) is 31.4 Å². The molecular formula is C17H23N3O2S. The number of anilines is 2. The first-order valence-corrected chi connectivity index (χ1v) is 9.13. The minimum absolute atomic E-state index is 0.282. The van der Waals surface area contributed by atoms with E-state index in [4.69, 9.17) is 0 Å². The van der Waals surface area contributed by atoms with Crippen LogP contribution in [0.15, 0.2) is 41.4 Å². The first-order chi connectivity index (χ1) is 10.8. The Balaban J connectivity index is 2.17. The van der Waals surface area contributed by atoms with Gasteiger partial charge in [0.2, 0.25) is 0 Å². The molecule has 23 heavy (non-hydrogen) atoms. The van der Waals surface area contributed by atoms with E-state index in [0.717, 1.165) is 23.4 Å². The van der Waals surface area contributed by atoms with Crippen LogP contribution in [0.25, 0.3) is 0 Å². The predicted octanol–water partition coefficient (Wildman–Crippen LogP) is 3.71. The first-order valence-electron chi connectivity index (χ1n) is 7.64. The van der Waals surface area contributed by atoms with Crippen LogP contribution < -0.4 is 10.0 Å². The normalized spacial score (nSPS) is 12.7. The Hall–Kier alpha value is -2.08. The molecule has 1 aromatic carbocycles. The van der Waals surface area contributed by atoms with Crippen molar-refractivity contribution >= 4 is 21.5 Å². The average molecular weight is 333 g/mol. The lowest BCUT2D eigenvalue weighted by molar-refractivity contribution is 0.600. The number of rotatable bonds is 6. The number of sulfonamides is 1. The number of aromatic nitrogens is 1. The maximum absolute atomic E-state index is 12.5. The molecule has 0 spiro atoms. The fraction of sp³-hybridized carbons (Fsp3) is 0.353. The number of hydrogen-bond acceptors (Lipinski definition) is 4. The minimum atomic E-state index is -3.61. The first kappa shape index (κ1) is 17.3. The quantitative estimate of drug-likeness (QED) is 0.845. The van der Waals surface area contributed by atoms with Gasteiger partial charge in [0.05, 0.1) is 16.8 Å². The standard InChI is InChI=1S/C17H23N3O2S/c1-5-14(4)19-17-9-7-15(11-18-17)20-23(21,22)16-8-6-12(2)10-13(16)3/h6-11,14,20H,5H2,1-4H3,(H,18,19). The Kier molecular flexibility index (Phi) is 5.26. The molecule has 0 radical (unpaired) electrons. The summed E-state index contributed by atoms with van der Waals surface area (Å²) < 4.78 is 27.5. The SMILES string of the molecule is CCC(C)Nc1ccc(NS(=O)(=O)c2ccc(C)cc2C)cn1. The highest BCUT2D eigenvalue weighted by molar-refractivity contribution is 7.92. The van der Waals surface area contributed by atoms with Gasteiger partial charge in [-0.25, -0.2) is 13.4 Å². The summed E-state index contributed by atoms with van der Waals surface area (Å²) in [6.45, 7) is 7.88. The summed E-state index contributed by atoms with van der Waals surface area (Å²) in [5.74, 6) is 0.730. The van der Waals surface area contributed by atoms with Gasteiger partial charge < -0.3 is 5.32 Å². The highest BCUT2D eigenvalue weighted by Gasteiger charge is 2.17. The summed E-state index contributed by atoms with van der Waals surface area (Å²) >= 11 is 0. The van der Waals surface area contributed by atoms with E-state index in [1.807, 2.05) is 13.0 Å². The lowest BCUT2D eigenvalue weighted by Crippen LogP contribution is -2.16. The maximum atomic E-state index is 12.5. The molecule has 0 amide bonds. The Morgan fingerprint density at radius 3 is 2.48 bits per heavy atom. The van der Waals surface area contributed by atoms with Crippen molar-refractivity contribution in [2.75, 3.05) is 10.0 Å². The molecule has 0 saturated heterocycles. The number of aryl methyl sites for hydroxylation is 2. The molecule has 0 fully saturated rings. The lowest BCUT2D eigenvalue weighted by Gasteiger charge is -2.13. The zero-order chi connectivity index (χ0) is 17.0. The second kappa shape index (κ2) is 7.00. The van der Waals surface area contributed by atoms with Crippen LogP contribution in [0.2, 0.25) is 0 Å². The summed E-state index contributed by atoms with van der Waals surface area (Å²) in [4.78, 5) is 4.53. The van der Waals surface area contributed by atoms with Gasteiger partial charge in [0, 0.05) is 6.04 Å². The van der Waals surface area contributed by atoms with Gasteiger partial charge in [0.15, 0.2) is 0 Å². The molecule has 1 heterocycles. The molecule has 2 aromatic rings. The summed E-state index contributed by atoms with van der Waals surface area (Å²) in [6.07, 6.45) is 2.51. The van der Waals surface area contributed by atoms with E-state index in [0.29, 0.717) is 11.7 Å². The molecule has 2 N–H and O–H groups in total. The highest BCUT2D eigenvalue weighted by Crippen LogP contribution is 2.20. The molecule has 124 valence electrons.